The summed E-state index contributed by atoms with van der Waals surface area (Å²) in [5.74, 6) is 1.97. The predicted molar refractivity (Wildman–Crippen MR) is 172 cm³/mol. The maximum absolute atomic E-state index is 2.67. The van der Waals surface area contributed by atoms with Gasteiger partial charge in [0.05, 0.1) is 0 Å². The van der Waals surface area contributed by atoms with Crippen molar-refractivity contribution in [1.82, 2.24) is 0 Å². The van der Waals surface area contributed by atoms with Crippen molar-refractivity contribution >= 4 is 16.6 Å². The topological polar surface area (TPSA) is 0 Å². The summed E-state index contributed by atoms with van der Waals surface area (Å²) < 4.78 is 0. The van der Waals surface area contributed by atoms with Crippen LogP contribution in [0.1, 0.15) is 168 Å². The van der Waals surface area contributed by atoms with Gasteiger partial charge in [-0.15, -0.1) is 0 Å². The summed E-state index contributed by atoms with van der Waals surface area (Å²) in [5.41, 5.74) is 1.21. The average Bonchev–Trinajstić information content (AvgIpc) is 2.93. The van der Waals surface area contributed by atoms with Crippen molar-refractivity contribution < 1.29 is 0 Å². The van der Waals surface area contributed by atoms with Crippen LogP contribution >= 0.6 is 0 Å². The van der Waals surface area contributed by atoms with Crippen LogP contribution in [0.3, 0.4) is 0 Å². The highest BCUT2D eigenvalue weighted by atomic mass is 29.2. The van der Waals surface area contributed by atoms with E-state index in [0.717, 1.165) is 11.8 Å². The molecule has 0 aliphatic heterocycles. The molecule has 0 bridgehead atoms. The molecule has 0 aromatic heterocycles. The third-order valence-electron chi connectivity index (χ3n) is 10.7. The molecule has 2 saturated carbocycles. The van der Waals surface area contributed by atoms with E-state index in [0.29, 0.717) is 0 Å². The van der Waals surface area contributed by atoms with E-state index in [1.165, 1.54) is 134 Å². The monoisotopic (exact) mass is 532 g/mol. The molecular weight excluding hydrogens is 465 g/mol. The van der Waals surface area contributed by atoms with Gasteiger partial charge >= 0.3 is 0 Å². The lowest BCUT2D eigenvalue weighted by Crippen LogP contribution is -2.45. The first-order valence-electron chi connectivity index (χ1n) is 17.4. The van der Waals surface area contributed by atoms with Gasteiger partial charge in [-0.1, -0.05) is 167 Å². The van der Waals surface area contributed by atoms with Gasteiger partial charge in [0, 0.05) is 16.6 Å². The van der Waals surface area contributed by atoms with Gasteiger partial charge in [0.25, 0.3) is 0 Å². The van der Waals surface area contributed by atoms with Gasteiger partial charge in [-0.3, -0.25) is 0 Å². The molecule has 0 saturated heterocycles. The lowest BCUT2D eigenvalue weighted by Gasteiger charge is -2.40. The third kappa shape index (κ3) is 13.3. The fourth-order valence-electron chi connectivity index (χ4n) is 7.88. The van der Waals surface area contributed by atoms with Gasteiger partial charge in [-0.05, 0) is 49.5 Å². The minimum atomic E-state index is -0.892. The molecule has 36 heavy (non-hydrogen) atoms. The Morgan fingerprint density at radius 1 is 0.667 bits per heavy atom. The summed E-state index contributed by atoms with van der Waals surface area (Å²) in [6.45, 7) is 7.55. The van der Waals surface area contributed by atoms with Crippen LogP contribution in [0, 0.1) is 11.8 Å². The van der Waals surface area contributed by atoms with E-state index < -0.39 is 7.59 Å². The predicted octanol–water partition coefficient (Wildman–Crippen LogP) is 11.7. The SMILES string of the molecule is CCCCCCCCCCCCCCCC1CCC(C=CCC[Si](CC)([SiH2]C)C2CCCCC2)CC1. The van der Waals surface area contributed by atoms with Crippen molar-refractivity contribution in [3.05, 3.63) is 12.2 Å². The summed E-state index contributed by atoms with van der Waals surface area (Å²) >= 11 is 0. The molecule has 0 radical (unpaired) electrons. The maximum atomic E-state index is 2.67. The fourth-order valence-corrected chi connectivity index (χ4v) is 19.2. The molecule has 0 amide bonds. The maximum Gasteiger partial charge on any atom is 0.0429 e. The van der Waals surface area contributed by atoms with E-state index in [9.17, 15) is 0 Å². The van der Waals surface area contributed by atoms with Crippen LogP contribution in [-0.4, -0.2) is 16.6 Å². The lowest BCUT2D eigenvalue weighted by atomic mass is 9.79. The molecule has 0 N–H and O–H groups in total. The quantitative estimate of drug-likeness (QED) is 0.0783. The number of unbranched alkanes of at least 4 members (excludes halogenated alkanes) is 12. The number of allylic oxidation sites excluding steroid dienone is 2. The van der Waals surface area contributed by atoms with E-state index in [1.54, 1.807) is 37.8 Å². The van der Waals surface area contributed by atoms with Gasteiger partial charge in [-0.25, -0.2) is 0 Å². The molecular formula is C34H68Si2. The summed E-state index contributed by atoms with van der Waals surface area (Å²) in [7, 11) is -0.692. The highest BCUT2D eigenvalue weighted by Gasteiger charge is 2.37. The van der Waals surface area contributed by atoms with E-state index in [4.69, 9.17) is 0 Å². The smallest absolute Gasteiger partial charge is 0.0429 e. The van der Waals surface area contributed by atoms with Crippen LogP contribution in [0.25, 0.3) is 0 Å². The zero-order valence-electron chi connectivity index (χ0n) is 25.5. The first-order chi connectivity index (χ1) is 17.7. The second-order valence-corrected chi connectivity index (χ2v) is 25.0. The Bertz CT molecular complexity index is 509. The van der Waals surface area contributed by atoms with Crippen molar-refractivity contribution in [1.29, 1.82) is 0 Å². The molecule has 0 aromatic rings. The van der Waals surface area contributed by atoms with Crippen molar-refractivity contribution in [3.8, 4) is 0 Å². The van der Waals surface area contributed by atoms with Crippen LogP contribution in [0.4, 0.5) is 0 Å². The van der Waals surface area contributed by atoms with Crippen molar-refractivity contribution in [2.45, 2.75) is 192 Å². The van der Waals surface area contributed by atoms with Crippen LogP contribution in [0.5, 0.6) is 0 Å². The zero-order chi connectivity index (χ0) is 25.7. The van der Waals surface area contributed by atoms with E-state index in [-0.39, 0.29) is 9.04 Å². The molecule has 2 heteroatoms. The Balaban J connectivity index is 1.45. The molecule has 1 atom stereocenters. The Morgan fingerprint density at radius 3 is 1.75 bits per heavy atom. The van der Waals surface area contributed by atoms with Gasteiger partial charge in [0.1, 0.15) is 0 Å². The van der Waals surface area contributed by atoms with Crippen LogP contribution < -0.4 is 0 Å². The first-order valence-corrected chi connectivity index (χ1v) is 23.6. The highest BCUT2D eigenvalue weighted by Crippen LogP contribution is 2.41. The first kappa shape index (κ1) is 32.4. The average molecular weight is 533 g/mol. The molecule has 0 nitrogen and oxygen atoms in total. The lowest BCUT2D eigenvalue weighted by molar-refractivity contribution is 0.288. The highest BCUT2D eigenvalue weighted by molar-refractivity contribution is 7.25. The minimum absolute atomic E-state index is 0.200. The molecule has 0 spiro atoms. The van der Waals surface area contributed by atoms with Crippen LogP contribution in [-0.2, 0) is 0 Å². The van der Waals surface area contributed by atoms with E-state index in [2.05, 4.69) is 32.5 Å². The molecule has 212 valence electrons. The van der Waals surface area contributed by atoms with Gasteiger partial charge in [-0.2, -0.15) is 0 Å². The number of hydrogen-bond donors (Lipinski definition) is 0. The van der Waals surface area contributed by atoms with E-state index in [1.807, 2.05) is 0 Å². The summed E-state index contributed by atoms with van der Waals surface area (Å²) in [6.07, 6.45) is 41.4. The minimum Gasteiger partial charge on any atom is -0.0885 e. The molecule has 2 fully saturated rings. The van der Waals surface area contributed by atoms with Gasteiger partial charge in [0.15, 0.2) is 0 Å². The molecule has 2 rings (SSSR count). The Kier molecular flexibility index (Phi) is 18.9. The third-order valence-corrected chi connectivity index (χ3v) is 25.6. The molecule has 2 aliphatic carbocycles. The van der Waals surface area contributed by atoms with Crippen LogP contribution in [0.15, 0.2) is 12.2 Å². The summed E-state index contributed by atoms with van der Waals surface area (Å²) in [5, 5.41) is 0. The normalized spacial score (nSPS) is 23.6. The number of hydrogen-bond acceptors (Lipinski definition) is 0. The Labute approximate surface area is 232 Å². The fraction of sp³-hybridized carbons (Fsp3) is 0.941. The molecule has 0 heterocycles. The Hall–Kier alpha value is 0.174. The van der Waals surface area contributed by atoms with Crippen molar-refractivity contribution in [2.75, 3.05) is 0 Å². The van der Waals surface area contributed by atoms with Crippen molar-refractivity contribution in [3.63, 3.8) is 0 Å². The second-order valence-electron chi connectivity index (χ2n) is 13.2. The molecule has 2 aliphatic rings. The van der Waals surface area contributed by atoms with E-state index >= 15 is 0 Å². The summed E-state index contributed by atoms with van der Waals surface area (Å²) in [6, 6.07) is 3.24. The van der Waals surface area contributed by atoms with Crippen molar-refractivity contribution in [2.24, 2.45) is 11.8 Å². The number of rotatable bonds is 21. The zero-order valence-corrected chi connectivity index (χ0v) is 27.9. The largest absolute Gasteiger partial charge is 0.0885 e. The molecule has 0 aromatic carbocycles. The molecule has 1 unspecified atom stereocenters. The van der Waals surface area contributed by atoms with Gasteiger partial charge in [0.2, 0.25) is 0 Å². The van der Waals surface area contributed by atoms with Gasteiger partial charge < -0.3 is 0 Å². The Morgan fingerprint density at radius 2 is 1.22 bits per heavy atom. The summed E-state index contributed by atoms with van der Waals surface area (Å²) in [4.78, 5) is 0. The standard InChI is InChI=1S/C34H68Si2/c1-4-6-7-8-9-10-11-12-13-14-15-16-18-23-32-27-29-33(30-28-32)24-21-22-31-36(5-2,35-3)34-25-19-17-20-26-34/h21,24,32-34H,4-20,22-23,25-31,35H2,1-3H3. The second kappa shape index (κ2) is 21.1. The van der Waals surface area contributed by atoms with Crippen LogP contribution in [0.2, 0.25) is 24.2 Å².